The number of halogens is 3. The molecule has 0 aliphatic carbocycles. The minimum atomic E-state index is -4.51. The van der Waals surface area contributed by atoms with E-state index in [9.17, 15) is 18.3 Å². The number of ether oxygens (including phenoxy) is 1. The van der Waals surface area contributed by atoms with Crippen molar-refractivity contribution >= 4 is 6.15 Å². The number of aryl methyl sites for hydroxylation is 1. The van der Waals surface area contributed by atoms with Crippen LogP contribution in [0.1, 0.15) is 18.2 Å². The molecule has 0 aliphatic rings. The summed E-state index contributed by atoms with van der Waals surface area (Å²) in [4.78, 5) is 16.2. The third-order valence-electron chi connectivity index (χ3n) is 4.82. The normalized spacial score (nSPS) is 10.9. The largest absolute Gasteiger partial charge is 0.504 e. The lowest BCUT2D eigenvalue weighted by molar-refractivity contribution is -0.191. The average molecular weight is 473 g/mol. The van der Waals surface area contributed by atoms with Crippen LogP contribution < -0.4 is 4.74 Å². The van der Waals surface area contributed by atoms with Crippen molar-refractivity contribution in [3.05, 3.63) is 66.1 Å². The van der Waals surface area contributed by atoms with Crippen LogP contribution in [0.3, 0.4) is 0 Å². The topological polar surface area (TPSA) is 112 Å². The quantitative estimate of drug-likeness (QED) is 0.469. The van der Waals surface area contributed by atoms with Crippen molar-refractivity contribution < 1.29 is 32.6 Å². The van der Waals surface area contributed by atoms with Gasteiger partial charge in [0.1, 0.15) is 5.69 Å². The summed E-state index contributed by atoms with van der Waals surface area (Å²) < 4.78 is 48.0. The molecule has 0 spiro atoms. The summed E-state index contributed by atoms with van der Waals surface area (Å²) in [6, 6.07) is 11.2. The Kier molecular flexibility index (Phi) is 7.12. The predicted octanol–water partition coefficient (Wildman–Crippen LogP) is 3.83. The molecule has 2 aromatic heterocycles. The molecule has 0 saturated heterocycles. The van der Waals surface area contributed by atoms with Crippen LogP contribution in [0, 0.1) is 0 Å². The Bertz CT molecular complexity index is 1310. The molecule has 176 valence electrons. The summed E-state index contributed by atoms with van der Waals surface area (Å²) in [5.74, 6) is 0.319. The van der Waals surface area contributed by atoms with Crippen molar-refractivity contribution in [1.82, 2.24) is 24.8 Å². The molecule has 0 saturated carbocycles. The summed E-state index contributed by atoms with van der Waals surface area (Å²) in [5, 5.41) is 21.8. The molecule has 9 nitrogen and oxygen atoms in total. The van der Waals surface area contributed by atoms with Crippen molar-refractivity contribution in [3.8, 4) is 34.1 Å². The molecule has 0 amide bonds. The third-order valence-corrected chi connectivity index (χ3v) is 4.82. The number of alkyl halides is 3. The number of hydrogen-bond acceptors (Lipinski definition) is 7. The summed E-state index contributed by atoms with van der Waals surface area (Å²) in [7, 11) is 1.45. The minimum Gasteiger partial charge on any atom is -0.504 e. The van der Waals surface area contributed by atoms with E-state index in [0.717, 1.165) is 4.68 Å². The summed E-state index contributed by atoms with van der Waals surface area (Å²) in [6.45, 7) is 1.66. The van der Waals surface area contributed by atoms with Crippen LogP contribution >= 0.6 is 0 Å². The molecule has 0 aliphatic heterocycles. The van der Waals surface area contributed by atoms with Crippen LogP contribution in [0.5, 0.6) is 11.5 Å². The molecule has 34 heavy (non-hydrogen) atoms. The van der Waals surface area contributed by atoms with E-state index >= 15 is 0 Å². The van der Waals surface area contributed by atoms with Gasteiger partial charge in [-0.15, -0.1) is 5.10 Å². The Morgan fingerprint density at radius 3 is 2.32 bits per heavy atom. The Morgan fingerprint density at radius 2 is 1.74 bits per heavy atom. The lowest BCUT2D eigenvalue weighted by Gasteiger charge is -2.12. The molecule has 12 heteroatoms. The molecule has 0 radical (unpaired) electrons. The van der Waals surface area contributed by atoms with Gasteiger partial charge in [-0.2, -0.15) is 27.9 Å². The van der Waals surface area contributed by atoms with Crippen LogP contribution in [0.4, 0.5) is 13.2 Å². The highest BCUT2D eigenvalue weighted by atomic mass is 19.4. The molecule has 0 atom stereocenters. The van der Waals surface area contributed by atoms with Gasteiger partial charge in [0, 0.05) is 11.1 Å². The first-order chi connectivity index (χ1) is 16.2. The van der Waals surface area contributed by atoms with Crippen molar-refractivity contribution in [2.75, 3.05) is 7.11 Å². The van der Waals surface area contributed by atoms with E-state index < -0.39 is 11.9 Å². The summed E-state index contributed by atoms with van der Waals surface area (Å²) >= 11 is 0. The van der Waals surface area contributed by atoms with Gasteiger partial charge >= 0.3 is 12.3 Å². The summed E-state index contributed by atoms with van der Waals surface area (Å²) in [6.07, 6.45) is -1.11. The number of rotatable bonds is 5. The fourth-order valence-corrected chi connectivity index (χ4v) is 3.24. The standard InChI is InChI=1S/C21H18F3N5O2.CO2/c1-3-13-11-25-29(20(13)21(22,23)24)16-7-5-15(6-8-16)28-12-17(26-27-28)14-4-9-18(30)19(10-14)31-2;2-1-3/h4-12,30H,3H2,1-2H3;. The lowest BCUT2D eigenvalue weighted by atomic mass is 10.1. The molecule has 0 unspecified atom stereocenters. The predicted molar refractivity (Wildman–Crippen MR) is 112 cm³/mol. The Labute approximate surface area is 191 Å². The van der Waals surface area contributed by atoms with Gasteiger partial charge < -0.3 is 9.84 Å². The molecule has 2 heterocycles. The second-order valence-electron chi connectivity index (χ2n) is 6.82. The fourth-order valence-electron chi connectivity index (χ4n) is 3.24. The number of nitrogens with zero attached hydrogens (tertiary/aromatic N) is 5. The third kappa shape index (κ3) is 4.97. The van der Waals surface area contributed by atoms with E-state index in [1.54, 1.807) is 49.5 Å². The highest BCUT2D eigenvalue weighted by molar-refractivity contribution is 5.63. The fraction of sp³-hybridized carbons (Fsp3) is 0.182. The van der Waals surface area contributed by atoms with Gasteiger partial charge in [0.2, 0.25) is 0 Å². The van der Waals surface area contributed by atoms with Crippen molar-refractivity contribution in [1.29, 1.82) is 0 Å². The number of phenolic OH excluding ortho intramolecular Hbond substituents is 1. The van der Waals surface area contributed by atoms with E-state index in [1.165, 1.54) is 24.1 Å². The number of aromatic nitrogens is 5. The summed E-state index contributed by atoms with van der Waals surface area (Å²) in [5.41, 5.74) is 1.51. The zero-order chi connectivity index (χ0) is 24.9. The van der Waals surface area contributed by atoms with E-state index in [-0.39, 0.29) is 23.9 Å². The lowest BCUT2D eigenvalue weighted by Crippen LogP contribution is -2.15. The van der Waals surface area contributed by atoms with Gasteiger partial charge in [0.05, 0.1) is 30.9 Å². The van der Waals surface area contributed by atoms with Crippen LogP contribution in [0.2, 0.25) is 0 Å². The second kappa shape index (κ2) is 10.0. The van der Waals surface area contributed by atoms with Gasteiger partial charge in [-0.25, -0.2) is 9.36 Å². The number of hydrogen-bond donors (Lipinski definition) is 1. The first-order valence-corrected chi connectivity index (χ1v) is 9.77. The maximum Gasteiger partial charge on any atom is 0.433 e. The molecule has 0 bridgehead atoms. The number of benzene rings is 2. The highest BCUT2D eigenvalue weighted by Crippen LogP contribution is 2.34. The van der Waals surface area contributed by atoms with Crippen molar-refractivity contribution in [3.63, 3.8) is 0 Å². The SMILES string of the molecule is CCc1cnn(-c2ccc(-n3cc(-c4ccc(O)c(OC)c4)nn3)cc2)c1C(F)(F)F.O=C=O. The van der Waals surface area contributed by atoms with E-state index in [2.05, 4.69) is 15.4 Å². The van der Waals surface area contributed by atoms with Gasteiger partial charge in [-0.05, 0) is 48.9 Å². The average Bonchev–Trinajstić information content (AvgIpc) is 3.47. The van der Waals surface area contributed by atoms with Crippen molar-refractivity contribution in [2.24, 2.45) is 0 Å². The molecule has 1 N–H and O–H groups in total. The van der Waals surface area contributed by atoms with Gasteiger partial charge in [0.25, 0.3) is 0 Å². The van der Waals surface area contributed by atoms with Gasteiger partial charge in [-0.1, -0.05) is 12.1 Å². The number of methoxy groups -OCH3 is 1. The molecule has 2 aromatic carbocycles. The highest BCUT2D eigenvalue weighted by Gasteiger charge is 2.38. The first-order valence-electron chi connectivity index (χ1n) is 9.77. The Balaban J connectivity index is 0.00000103. The van der Waals surface area contributed by atoms with Crippen LogP contribution in [-0.2, 0) is 22.2 Å². The molecular weight excluding hydrogens is 455 g/mol. The second-order valence-corrected chi connectivity index (χ2v) is 6.82. The van der Waals surface area contributed by atoms with Crippen molar-refractivity contribution in [2.45, 2.75) is 19.5 Å². The van der Waals surface area contributed by atoms with E-state index in [4.69, 9.17) is 14.3 Å². The monoisotopic (exact) mass is 473 g/mol. The van der Waals surface area contributed by atoms with Gasteiger partial charge in [-0.3, -0.25) is 0 Å². The minimum absolute atomic E-state index is 0.0114. The van der Waals surface area contributed by atoms with Crippen LogP contribution in [0.15, 0.2) is 54.9 Å². The first kappa shape index (κ1) is 24.2. The molecular formula is C22H18F3N5O4. The zero-order valence-electron chi connectivity index (χ0n) is 17.9. The molecule has 0 fully saturated rings. The Hall–Kier alpha value is -4.44. The molecule has 4 aromatic rings. The number of carbonyl (C=O) groups excluding carboxylic acids is 2. The molecule has 4 rings (SSSR count). The number of phenols is 1. The Morgan fingerprint density at radius 1 is 1.09 bits per heavy atom. The number of aromatic hydroxyl groups is 1. The van der Waals surface area contributed by atoms with Gasteiger partial charge in [0.15, 0.2) is 17.2 Å². The zero-order valence-corrected chi connectivity index (χ0v) is 17.9. The van der Waals surface area contributed by atoms with Crippen LogP contribution in [-0.4, -0.2) is 43.1 Å². The van der Waals surface area contributed by atoms with Crippen LogP contribution in [0.25, 0.3) is 22.6 Å². The van der Waals surface area contributed by atoms with E-state index in [1.807, 2.05) is 0 Å². The maximum atomic E-state index is 13.5. The maximum absolute atomic E-state index is 13.5. The van der Waals surface area contributed by atoms with E-state index in [0.29, 0.717) is 28.4 Å². The smallest absolute Gasteiger partial charge is 0.433 e.